The summed E-state index contributed by atoms with van der Waals surface area (Å²) in [6, 6.07) is 0. The molecular weight excluding hydrogens is 785 g/mol. The Morgan fingerprint density at radius 1 is 0.323 bits per heavy atom. The molecule has 22 rings (SSSR count). The zero-order chi connectivity index (χ0) is 45.0. The number of allylic oxidation sites excluding steroid dienone is 2. The quantitative estimate of drug-likeness (QED) is 0.240. The van der Waals surface area contributed by atoms with Crippen LogP contribution in [-0.4, -0.2) is 10.7 Å². The monoisotopic (exact) mass is 889 g/mol. The van der Waals surface area contributed by atoms with Gasteiger partial charge >= 0.3 is 0 Å². The van der Waals surface area contributed by atoms with Gasteiger partial charge in [-0.2, -0.15) is 0 Å². The molecule has 366 valence electrons. The molecule has 0 aromatic heterocycles. The topological polar surface area (TPSA) is 20.2 Å². The number of aliphatic hydroxyl groups is 1. The van der Waals surface area contributed by atoms with Gasteiger partial charge in [-0.3, -0.25) is 0 Å². The van der Waals surface area contributed by atoms with Crippen molar-refractivity contribution >= 4 is 0 Å². The first-order chi connectivity index (χ1) is 30.6. The average Bonchev–Trinajstić information content (AvgIpc) is 3.84. The molecule has 0 aliphatic heterocycles. The number of hydrogen-bond donors (Lipinski definition) is 1. The predicted molar refractivity (Wildman–Crippen MR) is 272 cm³/mol. The predicted octanol–water partition coefficient (Wildman–Crippen LogP) is 17.8. The smallest absolute Gasteiger partial charge is 0.0658 e. The van der Waals surface area contributed by atoms with Gasteiger partial charge in [0.25, 0.3) is 0 Å². The molecule has 22 bridgehead atoms. The zero-order valence-electron chi connectivity index (χ0n) is 44.2. The molecular formula is C64H104O. The van der Waals surface area contributed by atoms with Crippen LogP contribution in [0.15, 0.2) is 12.2 Å². The van der Waals surface area contributed by atoms with Crippen molar-refractivity contribution in [1.82, 2.24) is 0 Å². The Bertz CT molecular complexity index is 1580. The first-order valence-corrected chi connectivity index (χ1v) is 30.0. The van der Waals surface area contributed by atoms with Crippen molar-refractivity contribution in [3.8, 4) is 0 Å². The first kappa shape index (κ1) is 45.8. The molecule has 0 amide bonds. The third kappa shape index (κ3) is 9.27. The summed E-state index contributed by atoms with van der Waals surface area (Å²) >= 11 is 0. The highest BCUT2D eigenvalue weighted by Crippen LogP contribution is 2.70. The van der Waals surface area contributed by atoms with E-state index >= 15 is 0 Å². The Balaban J connectivity index is 0.0000000824. The van der Waals surface area contributed by atoms with Crippen LogP contribution < -0.4 is 0 Å². The second-order valence-electron chi connectivity index (χ2n) is 33.3. The molecule has 0 heterocycles. The summed E-state index contributed by atoms with van der Waals surface area (Å²) in [5.74, 6) is 16.0. The lowest BCUT2D eigenvalue weighted by molar-refractivity contribution is -0.157. The lowest BCUT2D eigenvalue weighted by Gasteiger charge is -2.64. The van der Waals surface area contributed by atoms with Gasteiger partial charge in [0.1, 0.15) is 0 Å². The molecule has 7 atom stereocenters. The fourth-order valence-corrected chi connectivity index (χ4v) is 26.0. The van der Waals surface area contributed by atoms with E-state index in [1.807, 2.05) is 0 Å². The van der Waals surface area contributed by atoms with Crippen LogP contribution >= 0.6 is 0 Å². The minimum Gasteiger partial charge on any atom is -0.390 e. The Morgan fingerprint density at radius 3 is 0.923 bits per heavy atom. The summed E-state index contributed by atoms with van der Waals surface area (Å²) in [5.41, 5.74) is 4.88. The molecule has 1 N–H and O–H groups in total. The molecule has 65 heavy (non-hydrogen) atoms. The van der Waals surface area contributed by atoms with E-state index in [2.05, 4.69) is 67.5 Å². The second kappa shape index (κ2) is 15.8. The molecule has 0 aromatic carbocycles. The van der Waals surface area contributed by atoms with E-state index in [1.165, 1.54) is 70.6 Å². The molecule has 1 nitrogen and oxygen atoms in total. The van der Waals surface area contributed by atoms with Crippen LogP contribution in [0.25, 0.3) is 0 Å². The van der Waals surface area contributed by atoms with Crippen molar-refractivity contribution in [2.75, 3.05) is 0 Å². The van der Waals surface area contributed by atoms with Crippen LogP contribution in [0.3, 0.4) is 0 Å². The van der Waals surface area contributed by atoms with Crippen LogP contribution in [0, 0.1) is 127 Å². The molecule has 6 unspecified atom stereocenters. The van der Waals surface area contributed by atoms with Crippen molar-refractivity contribution in [2.45, 2.75) is 260 Å². The molecule has 22 aliphatic rings. The summed E-state index contributed by atoms with van der Waals surface area (Å²) in [6.07, 6.45) is 51.3. The van der Waals surface area contributed by atoms with Gasteiger partial charge in [0.15, 0.2) is 0 Å². The summed E-state index contributed by atoms with van der Waals surface area (Å²) < 4.78 is 0. The normalized spacial score (nSPS) is 60.9. The first-order valence-electron chi connectivity index (χ1n) is 30.0. The molecule has 1 heteroatoms. The van der Waals surface area contributed by atoms with E-state index in [-0.39, 0.29) is 5.60 Å². The number of fused-ring (bicyclic) bond motifs is 2. The van der Waals surface area contributed by atoms with Gasteiger partial charge in [-0.15, -0.1) is 0 Å². The van der Waals surface area contributed by atoms with E-state index in [1.54, 1.807) is 109 Å². The Hall–Kier alpha value is -0.300. The fourth-order valence-electron chi connectivity index (χ4n) is 26.0. The standard InChI is InChI=1S/C13H22.C11H18O.2C11H18.C10H16.C8H12/c1-11-4-10-5-12(2,7-11)9-13(3,6-10)8-11;1-10-3-8-2-9(4-10)6-11(12,5-8)7-10;2*1-11-5-8-2-9(6-11)4-10(3-8)7-11;1-10-5-7-2-8(6-10)4-9(10)3-7;1-6-4-7-2-3-8(6)5-7/h10H,4-9H2,1-3H3;8-9,12H,2-7H2,1H3;2*8-10H,2-7H2,1H3;7-9H,2-6H2,1H3;2-3,6-8H,4-5H2,1H3/t;;;;;6-,7?,8?/m.....0/s1. The van der Waals surface area contributed by atoms with Crippen molar-refractivity contribution in [3.63, 3.8) is 0 Å². The third-order valence-corrected chi connectivity index (χ3v) is 24.9. The molecule has 0 radical (unpaired) electrons. The lowest BCUT2D eigenvalue weighted by Crippen LogP contribution is -2.54. The zero-order valence-corrected chi connectivity index (χ0v) is 44.2. The van der Waals surface area contributed by atoms with Gasteiger partial charge in [0, 0.05) is 0 Å². The van der Waals surface area contributed by atoms with E-state index < -0.39 is 0 Å². The molecule has 0 saturated heterocycles. The minimum atomic E-state index is -0.237. The molecule has 21 saturated carbocycles. The van der Waals surface area contributed by atoms with Gasteiger partial charge in [-0.1, -0.05) is 67.5 Å². The van der Waals surface area contributed by atoms with Crippen molar-refractivity contribution < 1.29 is 5.11 Å². The highest BCUT2D eigenvalue weighted by atomic mass is 16.3. The highest BCUT2D eigenvalue weighted by Gasteiger charge is 2.59. The number of rotatable bonds is 0. The van der Waals surface area contributed by atoms with Crippen LogP contribution in [0.2, 0.25) is 0 Å². The average molecular weight is 890 g/mol. The molecule has 0 spiro atoms. The van der Waals surface area contributed by atoms with E-state index in [4.69, 9.17) is 0 Å². The van der Waals surface area contributed by atoms with Crippen molar-refractivity contribution in [3.05, 3.63) is 12.2 Å². The van der Waals surface area contributed by atoms with Crippen LogP contribution in [0.5, 0.6) is 0 Å². The van der Waals surface area contributed by atoms with E-state index in [0.717, 1.165) is 141 Å². The SMILES string of the molecule is CC12CC3CC(C)(C1)CC(C)(C3)C2.CC12CC3CC(C1)CC(O)(C3)C2.CC12CC3CC(CC(C3)C1)C2.CC12CC3CC(CC(C3)C1)C2.CC12CC3CC(CC1C3)C2.C[C@H]1CC2C=CC1C2. The maximum Gasteiger partial charge on any atom is 0.0658 e. The van der Waals surface area contributed by atoms with Crippen LogP contribution in [0.4, 0.5) is 0 Å². The van der Waals surface area contributed by atoms with Crippen molar-refractivity contribution in [1.29, 1.82) is 0 Å². The molecule has 22 aliphatic carbocycles. The molecule has 0 aromatic rings. The summed E-state index contributed by atoms with van der Waals surface area (Å²) in [7, 11) is 0. The van der Waals surface area contributed by atoms with E-state index in [0.29, 0.717) is 5.41 Å². The number of hydrogen-bond acceptors (Lipinski definition) is 1. The van der Waals surface area contributed by atoms with Gasteiger partial charge < -0.3 is 5.11 Å². The Labute approximate surface area is 402 Å². The third-order valence-electron chi connectivity index (χ3n) is 24.9. The minimum absolute atomic E-state index is 0.237. The second-order valence-corrected chi connectivity index (χ2v) is 33.3. The summed E-state index contributed by atoms with van der Waals surface area (Å²) in [6.45, 7) is 20.0. The van der Waals surface area contributed by atoms with Gasteiger partial charge in [-0.05, 0) is 326 Å². The van der Waals surface area contributed by atoms with Crippen LogP contribution in [0.1, 0.15) is 254 Å². The largest absolute Gasteiger partial charge is 0.390 e. The molecule has 21 fully saturated rings. The van der Waals surface area contributed by atoms with Gasteiger partial charge in [0.05, 0.1) is 5.60 Å². The Morgan fingerprint density at radius 2 is 0.677 bits per heavy atom. The van der Waals surface area contributed by atoms with Gasteiger partial charge in [-0.25, -0.2) is 0 Å². The van der Waals surface area contributed by atoms with Gasteiger partial charge in [0.2, 0.25) is 0 Å². The lowest BCUT2D eigenvalue weighted by atomic mass is 9.41. The summed E-state index contributed by atoms with van der Waals surface area (Å²) in [5, 5.41) is 10.3. The Kier molecular flexibility index (Phi) is 11.2. The van der Waals surface area contributed by atoms with Crippen LogP contribution in [-0.2, 0) is 0 Å². The fraction of sp³-hybridized carbons (Fsp3) is 0.969. The summed E-state index contributed by atoms with van der Waals surface area (Å²) in [4.78, 5) is 0. The maximum absolute atomic E-state index is 10.3. The highest BCUT2D eigenvalue weighted by molar-refractivity contribution is 5.11. The van der Waals surface area contributed by atoms with E-state index in [9.17, 15) is 5.11 Å². The maximum atomic E-state index is 10.3. The van der Waals surface area contributed by atoms with Crippen molar-refractivity contribution in [2.24, 2.45) is 127 Å².